The van der Waals surface area contributed by atoms with Gasteiger partial charge in [0, 0.05) is 47.8 Å². The zero-order chi connectivity index (χ0) is 36.6. The third-order valence-electron chi connectivity index (χ3n) is 10.8. The maximum atomic E-state index is 13.4. The molecule has 0 radical (unpaired) electrons. The third-order valence-corrected chi connectivity index (χ3v) is 10.8. The predicted octanol–water partition coefficient (Wildman–Crippen LogP) is 12.5. The molecule has 2 fully saturated rings. The Bertz CT molecular complexity index is 881. The van der Waals surface area contributed by atoms with E-state index < -0.39 is 11.8 Å². The Kier molecular flexibility index (Phi) is 18.9. The van der Waals surface area contributed by atoms with Crippen molar-refractivity contribution in [3.05, 3.63) is 0 Å². The van der Waals surface area contributed by atoms with Crippen LogP contribution in [0.15, 0.2) is 0 Å². The minimum atomic E-state index is -0.647. The van der Waals surface area contributed by atoms with Gasteiger partial charge < -0.3 is 9.47 Å². The fourth-order valence-corrected chi connectivity index (χ4v) is 9.38. The topological polar surface area (TPSA) is 60.5 Å². The molecular formula is C42H82N2O5. The second-order valence-corrected chi connectivity index (χ2v) is 18.5. The molecule has 0 N–H and O–H groups in total. The number of carbonyl (C=O) groups excluding carboxylic acids is 1. The van der Waals surface area contributed by atoms with Crippen LogP contribution in [0.25, 0.3) is 0 Å². The molecule has 2 heterocycles. The van der Waals surface area contributed by atoms with Crippen molar-refractivity contribution in [2.24, 2.45) is 0 Å². The van der Waals surface area contributed by atoms with Crippen LogP contribution < -0.4 is 0 Å². The van der Waals surface area contributed by atoms with Gasteiger partial charge in [-0.25, -0.2) is 4.79 Å². The minimum absolute atomic E-state index is 0.227. The molecule has 0 bridgehead atoms. The number of hydrogen-bond acceptors (Lipinski definition) is 7. The largest absolute Gasteiger partial charge is 0.509 e. The Morgan fingerprint density at radius 3 is 1.20 bits per heavy atom. The molecule has 0 amide bonds. The standard InChI is InChI=1S/C42H82N2O5/c1-12-14-16-18-20-22-24-26-28-30-46-43-38(3,4)32-36(33-39(43,5)6)48-37(45)49-42(11)34-40(7,8)44(41(9,10)35-42)47-31-29-27-25-23-21-19-17-15-13-2/h36H,12-35H2,1-11H3. The van der Waals surface area contributed by atoms with Gasteiger partial charge in [-0.15, -0.1) is 0 Å². The van der Waals surface area contributed by atoms with Gasteiger partial charge in [-0.3, -0.25) is 9.68 Å². The lowest BCUT2D eigenvalue weighted by atomic mass is 9.73. The molecule has 7 nitrogen and oxygen atoms in total. The number of unbranched alkanes of at least 4 members (excludes halogenated alkanes) is 16. The summed E-state index contributed by atoms with van der Waals surface area (Å²) in [6.07, 6.45) is 25.4. The first-order valence-corrected chi connectivity index (χ1v) is 20.7. The predicted molar refractivity (Wildman–Crippen MR) is 205 cm³/mol. The second-order valence-electron chi connectivity index (χ2n) is 18.5. The van der Waals surface area contributed by atoms with Gasteiger partial charge in [0.05, 0.1) is 13.2 Å². The number of hydrogen-bond donors (Lipinski definition) is 0. The maximum absolute atomic E-state index is 13.4. The SMILES string of the molecule is CCCCCCCCCCCON1C(C)(C)CC(OC(=O)OC2(C)CC(C)(C)N(OCCCCCCCCCCC)C(C)(C)C2)CC1(C)C. The second kappa shape index (κ2) is 21.0. The van der Waals surface area contributed by atoms with E-state index in [0.29, 0.717) is 25.7 Å². The lowest BCUT2D eigenvalue weighted by Gasteiger charge is -2.56. The van der Waals surface area contributed by atoms with Crippen molar-refractivity contribution in [1.82, 2.24) is 10.1 Å². The molecule has 0 atom stereocenters. The van der Waals surface area contributed by atoms with E-state index in [2.05, 4.69) is 86.3 Å². The van der Waals surface area contributed by atoms with Crippen molar-refractivity contribution in [2.45, 2.75) is 251 Å². The van der Waals surface area contributed by atoms with Gasteiger partial charge in [0.2, 0.25) is 0 Å². The highest BCUT2D eigenvalue weighted by Gasteiger charge is 2.54. The first-order valence-electron chi connectivity index (χ1n) is 20.7. The van der Waals surface area contributed by atoms with Gasteiger partial charge in [0.1, 0.15) is 11.7 Å². The summed E-state index contributed by atoms with van der Waals surface area (Å²) in [6, 6.07) is 0. The molecule has 0 aromatic carbocycles. The van der Waals surface area contributed by atoms with Crippen LogP contribution in [0, 0.1) is 0 Å². The molecular weight excluding hydrogens is 612 g/mol. The van der Waals surface area contributed by atoms with Gasteiger partial charge in [0.15, 0.2) is 0 Å². The summed E-state index contributed by atoms with van der Waals surface area (Å²) < 4.78 is 12.3. The van der Waals surface area contributed by atoms with Crippen LogP contribution in [0.3, 0.4) is 0 Å². The van der Waals surface area contributed by atoms with Gasteiger partial charge >= 0.3 is 6.16 Å². The fourth-order valence-electron chi connectivity index (χ4n) is 9.38. The highest BCUT2D eigenvalue weighted by Crippen LogP contribution is 2.46. The van der Waals surface area contributed by atoms with Crippen LogP contribution in [0.1, 0.15) is 217 Å². The number of nitrogens with zero attached hydrogens (tertiary/aromatic N) is 2. The average molecular weight is 695 g/mol. The smallest absolute Gasteiger partial charge is 0.431 e. The van der Waals surface area contributed by atoms with E-state index in [1.54, 1.807) is 0 Å². The van der Waals surface area contributed by atoms with Crippen LogP contribution in [0.5, 0.6) is 0 Å². The van der Waals surface area contributed by atoms with Crippen molar-refractivity contribution in [3.8, 4) is 0 Å². The van der Waals surface area contributed by atoms with E-state index in [9.17, 15) is 4.79 Å². The van der Waals surface area contributed by atoms with E-state index >= 15 is 0 Å². The molecule has 2 rings (SSSR count). The third kappa shape index (κ3) is 15.7. The zero-order valence-electron chi connectivity index (χ0n) is 34.5. The Morgan fingerprint density at radius 2 is 0.837 bits per heavy atom. The monoisotopic (exact) mass is 695 g/mol. The van der Waals surface area contributed by atoms with E-state index in [1.165, 1.54) is 103 Å². The highest BCUT2D eigenvalue weighted by atomic mass is 16.7. The maximum Gasteiger partial charge on any atom is 0.509 e. The van der Waals surface area contributed by atoms with Crippen molar-refractivity contribution < 1.29 is 23.9 Å². The molecule has 0 aromatic rings. The summed E-state index contributed by atoms with van der Waals surface area (Å²) in [5, 5.41) is 4.35. The van der Waals surface area contributed by atoms with Crippen molar-refractivity contribution in [1.29, 1.82) is 0 Å². The quantitative estimate of drug-likeness (QED) is 0.0736. The summed E-state index contributed by atoms with van der Waals surface area (Å²) >= 11 is 0. The van der Waals surface area contributed by atoms with Crippen LogP contribution in [0.4, 0.5) is 4.79 Å². The normalized spacial score (nSPS) is 21.9. The summed E-state index contributed by atoms with van der Waals surface area (Å²) in [5.41, 5.74) is -1.77. The molecule has 290 valence electrons. The first kappa shape index (κ1) is 44.3. The number of carbonyl (C=O) groups is 1. The van der Waals surface area contributed by atoms with Gasteiger partial charge in [-0.05, 0) is 75.2 Å². The molecule has 2 aliphatic heterocycles. The van der Waals surface area contributed by atoms with Gasteiger partial charge in [-0.1, -0.05) is 117 Å². The van der Waals surface area contributed by atoms with Crippen LogP contribution in [-0.2, 0) is 19.1 Å². The number of ether oxygens (including phenoxy) is 2. The number of rotatable bonds is 24. The molecule has 0 unspecified atom stereocenters. The number of hydroxylamine groups is 4. The first-order chi connectivity index (χ1) is 23.0. The molecule has 2 aliphatic rings. The van der Waals surface area contributed by atoms with Crippen LogP contribution >= 0.6 is 0 Å². The summed E-state index contributed by atoms with van der Waals surface area (Å²) in [7, 11) is 0. The summed E-state index contributed by atoms with van der Waals surface area (Å²) in [6.45, 7) is 25.7. The summed E-state index contributed by atoms with van der Waals surface area (Å²) in [5.74, 6) is 0. The van der Waals surface area contributed by atoms with Crippen LogP contribution in [-0.4, -0.2) is 63.4 Å². The molecule has 0 saturated carbocycles. The number of piperidine rings is 2. The Labute approximate surface area is 304 Å². The summed E-state index contributed by atoms with van der Waals surface area (Å²) in [4.78, 5) is 26.3. The van der Waals surface area contributed by atoms with E-state index in [1.807, 2.05) is 0 Å². The lowest BCUT2D eigenvalue weighted by Crippen LogP contribution is -2.65. The van der Waals surface area contributed by atoms with Crippen molar-refractivity contribution in [2.75, 3.05) is 13.2 Å². The Balaban J connectivity index is 1.79. The van der Waals surface area contributed by atoms with Gasteiger partial charge in [0.25, 0.3) is 0 Å². The highest BCUT2D eigenvalue weighted by molar-refractivity contribution is 5.61. The zero-order valence-corrected chi connectivity index (χ0v) is 34.5. The van der Waals surface area contributed by atoms with E-state index in [-0.39, 0.29) is 28.3 Å². The lowest BCUT2D eigenvalue weighted by molar-refractivity contribution is -0.306. The van der Waals surface area contributed by atoms with Crippen molar-refractivity contribution >= 4 is 6.16 Å². The molecule has 0 aliphatic carbocycles. The molecule has 0 aromatic heterocycles. The molecule has 49 heavy (non-hydrogen) atoms. The van der Waals surface area contributed by atoms with Gasteiger partial charge in [-0.2, -0.15) is 10.1 Å². The minimum Gasteiger partial charge on any atom is -0.431 e. The molecule has 2 saturated heterocycles. The molecule has 0 spiro atoms. The van der Waals surface area contributed by atoms with E-state index in [0.717, 1.165) is 26.1 Å². The van der Waals surface area contributed by atoms with Crippen molar-refractivity contribution in [3.63, 3.8) is 0 Å². The molecule has 7 heteroatoms. The average Bonchev–Trinajstić information content (AvgIpc) is 2.95. The van der Waals surface area contributed by atoms with Crippen LogP contribution in [0.2, 0.25) is 0 Å². The Hall–Kier alpha value is -0.890. The Morgan fingerprint density at radius 1 is 0.510 bits per heavy atom. The fraction of sp³-hybridized carbons (Fsp3) is 0.976. The van der Waals surface area contributed by atoms with E-state index in [4.69, 9.17) is 19.1 Å².